The van der Waals surface area contributed by atoms with Crippen molar-refractivity contribution in [1.82, 2.24) is 10.2 Å². The van der Waals surface area contributed by atoms with Gasteiger partial charge in [0, 0.05) is 37.3 Å². The van der Waals surface area contributed by atoms with Gasteiger partial charge in [-0.3, -0.25) is 4.79 Å². The summed E-state index contributed by atoms with van der Waals surface area (Å²) in [6.45, 7) is 4.50. The highest BCUT2D eigenvalue weighted by Crippen LogP contribution is 2.32. The van der Waals surface area contributed by atoms with E-state index in [2.05, 4.69) is 12.2 Å². The molecule has 2 rings (SSSR count). The van der Waals surface area contributed by atoms with E-state index >= 15 is 0 Å². The number of hydrogen-bond acceptors (Lipinski definition) is 4. The number of rotatable bonds is 5. The molecular formula is C14H27ClN2O2S. The molecule has 1 heterocycles. The Morgan fingerprint density at radius 3 is 2.90 bits per heavy atom. The second kappa shape index (κ2) is 9.13. The van der Waals surface area contributed by atoms with Gasteiger partial charge in [-0.25, -0.2) is 0 Å². The molecule has 4 nitrogen and oxygen atoms in total. The fourth-order valence-electron chi connectivity index (χ4n) is 2.97. The summed E-state index contributed by atoms with van der Waals surface area (Å²) in [5, 5.41) is 4.10. The maximum Gasteiger partial charge on any atom is 0.224 e. The molecule has 1 saturated carbocycles. The molecule has 1 saturated heterocycles. The number of carbonyl (C=O) groups is 1. The quantitative estimate of drug-likeness (QED) is 0.839. The first kappa shape index (κ1) is 18.1. The lowest BCUT2D eigenvalue weighted by molar-refractivity contribution is -0.133. The molecule has 0 radical (unpaired) electrons. The van der Waals surface area contributed by atoms with Crippen molar-refractivity contribution in [2.24, 2.45) is 0 Å². The van der Waals surface area contributed by atoms with Crippen LogP contribution in [0.25, 0.3) is 0 Å². The number of morpholine rings is 1. The summed E-state index contributed by atoms with van der Waals surface area (Å²) in [7, 11) is 1.97. The van der Waals surface area contributed by atoms with Crippen molar-refractivity contribution >= 4 is 30.1 Å². The number of ether oxygens (including phenoxy) is 1. The molecule has 0 aromatic carbocycles. The fraction of sp³-hybridized carbons (Fsp3) is 0.929. The van der Waals surface area contributed by atoms with Gasteiger partial charge in [0.15, 0.2) is 0 Å². The Hall–Kier alpha value is 0.0300. The highest BCUT2D eigenvalue weighted by atomic mass is 35.5. The van der Waals surface area contributed by atoms with Crippen LogP contribution in [0.4, 0.5) is 0 Å². The summed E-state index contributed by atoms with van der Waals surface area (Å²) in [6, 6.07) is 0.645. The highest BCUT2D eigenvalue weighted by Gasteiger charge is 2.30. The fourth-order valence-corrected chi connectivity index (χ4v) is 4.10. The standard InChI is InChI=1S/C14H26N2O2S.ClH/c1-3-19-13-5-4-12(9-13)16(2)14(17)8-11-10-18-7-6-15-11;/h11-13,15H,3-10H2,1-2H3;1H. The third kappa shape index (κ3) is 5.10. The first-order valence-corrected chi connectivity index (χ1v) is 8.44. The van der Waals surface area contributed by atoms with Crippen LogP contribution in [-0.2, 0) is 9.53 Å². The third-order valence-electron chi connectivity index (χ3n) is 4.12. The predicted molar refractivity (Wildman–Crippen MR) is 86.8 cm³/mol. The summed E-state index contributed by atoms with van der Waals surface area (Å²) in [4.78, 5) is 14.3. The van der Waals surface area contributed by atoms with Gasteiger partial charge in [-0.2, -0.15) is 11.8 Å². The van der Waals surface area contributed by atoms with Gasteiger partial charge in [0.1, 0.15) is 0 Å². The lowest BCUT2D eigenvalue weighted by Crippen LogP contribution is -2.46. The van der Waals surface area contributed by atoms with E-state index in [4.69, 9.17) is 4.74 Å². The Balaban J connectivity index is 0.00000200. The van der Waals surface area contributed by atoms with Crippen molar-refractivity contribution in [1.29, 1.82) is 0 Å². The molecule has 1 N–H and O–H groups in total. The molecule has 1 aliphatic heterocycles. The summed E-state index contributed by atoms with van der Waals surface area (Å²) >= 11 is 2.04. The molecule has 3 atom stereocenters. The molecule has 1 aliphatic carbocycles. The maximum absolute atomic E-state index is 12.3. The molecule has 2 aliphatic rings. The number of nitrogens with zero attached hydrogens (tertiary/aromatic N) is 1. The van der Waals surface area contributed by atoms with E-state index in [1.165, 1.54) is 12.2 Å². The van der Waals surface area contributed by atoms with Gasteiger partial charge in [-0.15, -0.1) is 12.4 Å². The molecule has 0 aromatic rings. The second-order valence-corrected chi connectivity index (χ2v) is 7.06. The first-order chi connectivity index (χ1) is 9.20. The van der Waals surface area contributed by atoms with E-state index in [1.807, 2.05) is 23.7 Å². The van der Waals surface area contributed by atoms with Crippen molar-refractivity contribution in [3.63, 3.8) is 0 Å². The number of thioether (sulfide) groups is 1. The Kier molecular flexibility index (Phi) is 8.25. The zero-order valence-corrected chi connectivity index (χ0v) is 14.1. The summed E-state index contributed by atoms with van der Waals surface area (Å²) in [5.41, 5.74) is 0. The summed E-state index contributed by atoms with van der Waals surface area (Å²) in [6.07, 6.45) is 4.15. The van der Waals surface area contributed by atoms with Crippen LogP contribution >= 0.6 is 24.2 Å². The van der Waals surface area contributed by atoms with Gasteiger partial charge in [-0.05, 0) is 25.0 Å². The minimum Gasteiger partial charge on any atom is -0.378 e. The molecule has 1 amide bonds. The summed E-state index contributed by atoms with van der Waals surface area (Å²) in [5.74, 6) is 1.44. The van der Waals surface area contributed by atoms with Crippen molar-refractivity contribution in [3.05, 3.63) is 0 Å². The average molecular weight is 323 g/mol. The van der Waals surface area contributed by atoms with Crippen molar-refractivity contribution in [3.8, 4) is 0 Å². The van der Waals surface area contributed by atoms with E-state index in [0.717, 1.165) is 31.2 Å². The Morgan fingerprint density at radius 1 is 1.45 bits per heavy atom. The van der Waals surface area contributed by atoms with Gasteiger partial charge in [0.05, 0.1) is 13.2 Å². The van der Waals surface area contributed by atoms with E-state index < -0.39 is 0 Å². The molecule has 0 bridgehead atoms. The van der Waals surface area contributed by atoms with Gasteiger partial charge in [-0.1, -0.05) is 6.92 Å². The molecule has 0 aromatic heterocycles. The van der Waals surface area contributed by atoms with Crippen molar-refractivity contribution in [2.75, 3.05) is 32.6 Å². The maximum atomic E-state index is 12.3. The summed E-state index contributed by atoms with van der Waals surface area (Å²) < 4.78 is 5.40. The second-order valence-electron chi connectivity index (χ2n) is 5.48. The van der Waals surface area contributed by atoms with E-state index in [-0.39, 0.29) is 24.4 Å². The molecule has 0 spiro atoms. The molecule has 3 unspecified atom stereocenters. The van der Waals surface area contributed by atoms with Crippen LogP contribution in [-0.4, -0.2) is 60.7 Å². The molecule has 2 fully saturated rings. The first-order valence-electron chi connectivity index (χ1n) is 7.39. The van der Waals surface area contributed by atoms with Crippen LogP contribution < -0.4 is 5.32 Å². The van der Waals surface area contributed by atoms with Crippen LogP contribution in [0.5, 0.6) is 0 Å². The zero-order valence-electron chi connectivity index (χ0n) is 12.5. The Labute approximate surface area is 132 Å². The molecular weight excluding hydrogens is 296 g/mol. The van der Waals surface area contributed by atoms with Gasteiger partial charge < -0.3 is 15.0 Å². The number of nitrogens with one attached hydrogen (secondary N) is 1. The van der Waals surface area contributed by atoms with Crippen molar-refractivity contribution in [2.45, 2.75) is 49.9 Å². The zero-order chi connectivity index (χ0) is 13.7. The normalized spacial score (nSPS) is 29.8. The number of amides is 1. The molecule has 118 valence electrons. The molecule has 6 heteroatoms. The van der Waals surface area contributed by atoms with Gasteiger partial charge in [0.2, 0.25) is 5.91 Å². The number of carbonyl (C=O) groups excluding carboxylic acids is 1. The lowest BCUT2D eigenvalue weighted by Gasteiger charge is -2.29. The van der Waals surface area contributed by atoms with Gasteiger partial charge in [0.25, 0.3) is 0 Å². The van der Waals surface area contributed by atoms with Crippen molar-refractivity contribution < 1.29 is 9.53 Å². The topological polar surface area (TPSA) is 41.6 Å². The number of hydrogen-bond donors (Lipinski definition) is 1. The van der Waals surface area contributed by atoms with Gasteiger partial charge >= 0.3 is 0 Å². The SMILES string of the molecule is CCSC1CCC(N(C)C(=O)CC2COCCN2)C1.Cl. The Bertz CT molecular complexity index is 301. The van der Waals surface area contributed by atoms with E-state index in [1.54, 1.807) is 0 Å². The number of halogens is 1. The lowest BCUT2D eigenvalue weighted by atomic mass is 10.1. The van der Waals surface area contributed by atoms with Crippen LogP contribution in [0.3, 0.4) is 0 Å². The van der Waals surface area contributed by atoms with E-state index in [9.17, 15) is 4.79 Å². The minimum atomic E-state index is 0. The highest BCUT2D eigenvalue weighted by molar-refractivity contribution is 7.99. The third-order valence-corrected chi connectivity index (χ3v) is 5.35. The van der Waals surface area contributed by atoms with E-state index in [0.29, 0.717) is 19.1 Å². The Morgan fingerprint density at radius 2 is 2.25 bits per heavy atom. The largest absolute Gasteiger partial charge is 0.378 e. The van der Waals surface area contributed by atoms with Crippen LogP contribution in [0.1, 0.15) is 32.6 Å². The van der Waals surface area contributed by atoms with Crippen LogP contribution in [0.15, 0.2) is 0 Å². The minimum absolute atomic E-state index is 0. The predicted octanol–water partition coefficient (Wildman–Crippen LogP) is 1.92. The monoisotopic (exact) mass is 322 g/mol. The smallest absolute Gasteiger partial charge is 0.224 e. The van der Waals surface area contributed by atoms with Crippen LogP contribution in [0, 0.1) is 0 Å². The molecule has 20 heavy (non-hydrogen) atoms. The van der Waals surface area contributed by atoms with Crippen LogP contribution in [0.2, 0.25) is 0 Å². The average Bonchev–Trinajstić information content (AvgIpc) is 2.88.